The fourth-order valence-corrected chi connectivity index (χ4v) is 3.55. The van der Waals surface area contributed by atoms with Crippen LogP contribution in [-0.4, -0.2) is 26.3 Å². The molecular formula is C14H11N3OS2. The van der Waals surface area contributed by atoms with Crippen molar-refractivity contribution in [3.8, 4) is 11.8 Å². The van der Waals surface area contributed by atoms with E-state index in [4.69, 9.17) is 5.11 Å². The van der Waals surface area contributed by atoms with E-state index in [0.29, 0.717) is 0 Å². The number of thiophene rings is 1. The highest BCUT2D eigenvalue weighted by atomic mass is 32.2. The number of hydrogen-bond acceptors (Lipinski definition) is 5. The molecule has 0 fully saturated rings. The fraction of sp³-hybridized carbons (Fsp3) is 0.143. The van der Waals surface area contributed by atoms with Crippen LogP contribution in [0, 0.1) is 11.8 Å². The number of aromatic nitrogens is 3. The molecule has 0 bridgehead atoms. The minimum atomic E-state index is -0.103. The van der Waals surface area contributed by atoms with Crippen molar-refractivity contribution in [3.63, 3.8) is 0 Å². The number of pyridine rings is 1. The Morgan fingerprint density at radius 2 is 2.20 bits per heavy atom. The van der Waals surface area contributed by atoms with Gasteiger partial charge in [-0.25, -0.2) is 0 Å². The second kappa shape index (κ2) is 6.09. The van der Waals surface area contributed by atoms with E-state index in [0.717, 1.165) is 21.4 Å². The molecule has 1 N–H and O–H groups in total. The smallest absolute Gasteiger partial charge is 0.195 e. The molecule has 0 aliphatic heterocycles. The lowest BCUT2D eigenvalue weighted by atomic mass is 10.4. The second-order valence-electron chi connectivity index (χ2n) is 3.93. The molecular weight excluding hydrogens is 290 g/mol. The molecule has 0 aromatic carbocycles. The minimum Gasteiger partial charge on any atom is -0.384 e. The first-order chi connectivity index (χ1) is 9.86. The Hall–Kier alpha value is -1.81. The molecule has 100 valence electrons. The summed E-state index contributed by atoms with van der Waals surface area (Å²) in [6.07, 6.45) is 1.96. The Balaban J connectivity index is 1.71. The monoisotopic (exact) mass is 301 g/mol. The van der Waals surface area contributed by atoms with Gasteiger partial charge in [-0.05, 0) is 24.3 Å². The largest absolute Gasteiger partial charge is 0.384 e. The number of nitrogens with zero attached hydrogens (tertiary/aromatic N) is 3. The average Bonchev–Trinajstić information content (AvgIpc) is 3.10. The Kier molecular flexibility index (Phi) is 4.02. The van der Waals surface area contributed by atoms with Crippen molar-refractivity contribution < 1.29 is 5.11 Å². The summed E-state index contributed by atoms with van der Waals surface area (Å²) in [6.45, 7) is -0.103. The molecule has 0 aliphatic carbocycles. The van der Waals surface area contributed by atoms with Crippen LogP contribution in [0.15, 0.2) is 41.7 Å². The van der Waals surface area contributed by atoms with E-state index >= 15 is 0 Å². The summed E-state index contributed by atoms with van der Waals surface area (Å²) < 4.78 is 1.98. The van der Waals surface area contributed by atoms with Gasteiger partial charge in [0.25, 0.3) is 0 Å². The minimum absolute atomic E-state index is 0.103. The Bertz CT molecular complexity index is 782. The standard InChI is InChI=1S/C14H11N3OS2/c18-9-3-4-11-6-7-12(20-11)10-19-14-16-15-13-5-1-2-8-17(13)14/h1-2,5-8,18H,9-10H2. The number of hydrogen-bond donors (Lipinski definition) is 1. The van der Waals surface area contributed by atoms with Crippen molar-refractivity contribution in [3.05, 3.63) is 46.3 Å². The molecule has 3 heterocycles. The van der Waals surface area contributed by atoms with Gasteiger partial charge in [-0.2, -0.15) is 0 Å². The van der Waals surface area contributed by atoms with Crippen LogP contribution in [0.2, 0.25) is 0 Å². The van der Waals surface area contributed by atoms with E-state index in [9.17, 15) is 0 Å². The first-order valence-electron chi connectivity index (χ1n) is 5.98. The maximum Gasteiger partial charge on any atom is 0.195 e. The second-order valence-corrected chi connectivity index (χ2v) is 6.04. The van der Waals surface area contributed by atoms with Gasteiger partial charge in [0.2, 0.25) is 0 Å². The topological polar surface area (TPSA) is 50.4 Å². The maximum atomic E-state index is 8.67. The predicted octanol–water partition coefficient (Wildman–Crippen LogP) is 2.43. The van der Waals surface area contributed by atoms with Crippen molar-refractivity contribution in [1.29, 1.82) is 0 Å². The summed E-state index contributed by atoms with van der Waals surface area (Å²) in [6, 6.07) is 9.89. The first kappa shape index (κ1) is 13.2. The van der Waals surface area contributed by atoms with E-state index in [-0.39, 0.29) is 6.61 Å². The molecule has 0 atom stereocenters. The van der Waals surface area contributed by atoms with Gasteiger partial charge in [0.1, 0.15) is 6.61 Å². The number of thioether (sulfide) groups is 1. The number of aliphatic hydroxyl groups is 1. The molecule has 3 aromatic rings. The van der Waals surface area contributed by atoms with Crippen LogP contribution in [0.25, 0.3) is 5.65 Å². The van der Waals surface area contributed by atoms with Crippen molar-refractivity contribution in [2.24, 2.45) is 0 Å². The number of aliphatic hydroxyl groups excluding tert-OH is 1. The van der Waals surface area contributed by atoms with Gasteiger partial charge in [0.05, 0.1) is 4.88 Å². The van der Waals surface area contributed by atoms with Crippen molar-refractivity contribution in [1.82, 2.24) is 14.6 Å². The van der Waals surface area contributed by atoms with Gasteiger partial charge < -0.3 is 5.11 Å². The van der Waals surface area contributed by atoms with Gasteiger partial charge >= 0.3 is 0 Å². The van der Waals surface area contributed by atoms with Gasteiger partial charge in [0.15, 0.2) is 10.8 Å². The summed E-state index contributed by atoms with van der Waals surface area (Å²) in [5.74, 6) is 6.40. The molecule has 3 aromatic heterocycles. The highest BCUT2D eigenvalue weighted by Gasteiger charge is 2.06. The summed E-state index contributed by atoms with van der Waals surface area (Å²) in [5, 5.41) is 17.9. The zero-order valence-electron chi connectivity index (χ0n) is 10.5. The number of fused-ring (bicyclic) bond motifs is 1. The lowest BCUT2D eigenvalue weighted by Gasteiger charge is -1.97. The van der Waals surface area contributed by atoms with E-state index in [1.54, 1.807) is 23.1 Å². The van der Waals surface area contributed by atoms with E-state index in [1.165, 1.54) is 4.88 Å². The van der Waals surface area contributed by atoms with E-state index < -0.39 is 0 Å². The quantitative estimate of drug-likeness (QED) is 0.596. The van der Waals surface area contributed by atoms with Gasteiger partial charge in [-0.3, -0.25) is 4.40 Å². The van der Waals surface area contributed by atoms with E-state index in [2.05, 4.69) is 28.1 Å². The molecule has 0 aliphatic rings. The Morgan fingerprint density at radius 1 is 1.25 bits per heavy atom. The highest BCUT2D eigenvalue weighted by Crippen LogP contribution is 2.25. The van der Waals surface area contributed by atoms with Crippen LogP contribution in [0.1, 0.15) is 9.75 Å². The van der Waals surface area contributed by atoms with Crippen molar-refractivity contribution in [2.75, 3.05) is 6.61 Å². The third-order valence-electron chi connectivity index (χ3n) is 2.58. The molecule has 0 radical (unpaired) electrons. The summed E-state index contributed by atoms with van der Waals surface area (Å²) in [5.41, 5.74) is 0.857. The SMILES string of the molecule is OCC#Cc1ccc(CSc2nnc3ccccn23)s1. The molecule has 3 rings (SSSR count). The molecule has 20 heavy (non-hydrogen) atoms. The molecule has 0 spiro atoms. The third-order valence-corrected chi connectivity index (χ3v) is 4.75. The third kappa shape index (κ3) is 2.85. The normalized spacial score (nSPS) is 10.4. The number of rotatable bonds is 3. The van der Waals surface area contributed by atoms with Crippen LogP contribution in [0.3, 0.4) is 0 Å². The molecule has 0 amide bonds. The predicted molar refractivity (Wildman–Crippen MR) is 80.8 cm³/mol. The lowest BCUT2D eigenvalue weighted by Crippen LogP contribution is -1.86. The van der Waals surface area contributed by atoms with Crippen LogP contribution in [0.4, 0.5) is 0 Å². The van der Waals surface area contributed by atoms with Gasteiger partial charge in [-0.1, -0.05) is 29.7 Å². The summed E-state index contributed by atoms with van der Waals surface area (Å²) >= 11 is 3.29. The first-order valence-corrected chi connectivity index (χ1v) is 7.78. The molecule has 4 nitrogen and oxygen atoms in total. The molecule has 0 saturated heterocycles. The Morgan fingerprint density at radius 3 is 3.10 bits per heavy atom. The lowest BCUT2D eigenvalue weighted by molar-refractivity contribution is 0.350. The van der Waals surface area contributed by atoms with Crippen LogP contribution < -0.4 is 0 Å². The summed E-state index contributed by atoms with van der Waals surface area (Å²) in [4.78, 5) is 2.20. The highest BCUT2D eigenvalue weighted by molar-refractivity contribution is 7.98. The maximum absolute atomic E-state index is 8.67. The van der Waals surface area contributed by atoms with Crippen LogP contribution >= 0.6 is 23.1 Å². The molecule has 0 saturated carbocycles. The average molecular weight is 301 g/mol. The van der Waals surface area contributed by atoms with Gasteiger partial charge in [-0.15, -0.1) is 21.5 Å². The zero-order valence-corrected chi connectivity index (χ0v) is 12.1. The van der Waals surface area contributed by atoms with Crippen LogP contribution in [0.5, 0.6) is 0 Å². The van der Waals surface area contributed by atoms with Gasteiger partial charge in [0, 0.05) is 16.8 Å². The fourth-order valence-electron chi connectivity index (χ4n) is 1.70. The molecule has 0 unspecified atom stereocenters. The summed E-state index contributed by atoms with van der Waals surface area (Å²) in [7, 11) is 0. The Labute approximate surface area is 124 Å². The molecule has 6 heteroatoms. The van der Waals surface area contributed by atoms with Crippen molar-refractivity contribution in [2.45, 2.75) is 10.9 Å². The van der Waals surface area contributed by atoms with Crippen LogP contribution in [-0.2, 0) is 5.75 Å². The zero-order chi connectivity index (χ0) is 13.8. The van der Waals surface area contributed by atoms with E-state index in [1.807, 2.05) is 34.9 Å². The van der Waals surface area contributed by atoms with Crippen molar-refractivity contribution >= 4 is 28.7 Å².